The Hall–Kier alpha value is -2.01. The summed E-state index contributed by atoms with van der Waals surface area (Å²) in [4.78, 5) is 12.9. The molecule has 0 saturated carbocycles. The lowest BCUT2D eigenvalue weighted by Gasteiger charge is -2.02. The number of nitrogens with one attached hydrogen (secondary N) is 1. The lowest BCUT2D eigenvalue weighted by molar-refractivity contribution is -0.120. The molecule has 0 radical (unpaired) electrons. The van der Waals surface area contributed by atoms with E-state index in [0.29, 0.717) is 6.42 Å². The molecule has 2 aromatic rings. The van der Waals surface area contributed by atoms with Gasteiger partial charge in [-0.3, -0.25) is 4.79 Å². The van der Waals surface area contributed by atoms with Gasteiger partial charge < -0.3 is 4.57 Å². The van der Waals surface area contributed by atoms with Crippen molar-refractivity contribution in [3.63, 3.8) is 0 Å². The van der Waals surface area contributed by atoms with Gasteiger partial charge in [0.25, 0.3) is 0 Å². The van der Waals surface area contributed by atoms with Crippen LogP contribution in [-0.4, -0.2) is 22.9 Å². The van der Waals surface area contributed by atoms with Crippen molar-refractivity contribution in [1.29, 1.82) is 0 Å². The van der Waals surface area contributed by atoms with Crippen LogP contribution in [0.2, 0.25) is 0 Å². The lowest BCUT2D eigenvalue weighted by atomic mass is 10.2. The molecule has 104 valence electrons. The summed E-state index contributed by atoms with van der Waals surface area (Å²) in [7, 11) is 1.92. The summed E-state index contributed by atoms with van der Waals surface area (Å²) < 4.78 is 1.92. The Morgan fingerprint density at radius 3 is 2.70 bits per heavy atom. The van der Waals surface area contributed by atoms with E-state index in [4.69, 9.17) is 0 Å². The molecule has 4 nitrogen and oxygen atoms in total. The van der Waals surface area contributed by atoms with Crippen molar-refractivity contribution in [1.82, 2.24) is 9.99 Å². The van der Waals surface area contributed by atoms with E-state index in [9.17, 15) is 4.79 Å². The summed E-state index contributed by atoms with van der Waals surface area (Å²) in [6.07, 6.45) is 5.92. The molecule has 0 spiro atoms. The van der Waals surface area contributed by atoms with Gasteiger partial charge in [-0.25, -0.2) is 5.43 Å². The van der Waals surface area contributed by atoms with Gasteiger partial charge in [-0.1, -0.05) is 12.1 Å². The van der Waals surface area contributed by atoms with Gasteiger partial charge in [-0.2, -0.15) is 5.10 Å². The molecule has 0 atom stereocenters. The van der Waals surface area contributed by atoms with Crippen LogP contribution in [0.25, 0.3) is 0 Å². The molecule has 0 unspecified atom stereocenters. The summed E-state index contributed by atoms with van der Waals surface area (Å²) in [5.74, 6) is -0.121. The number of hydrogen-bond donors (Lipinski definition) is 1. The number of amides is 1. The van der Waals surface area contributed by atoms with E-state index < -0.39 is 0 Å². The van der Waals surface area contributed by atoms with E-state index >= 15 is 0 Å². The molecule has 1 amide bonds. The zero-order valence-corrected chi connectivity index (χ0v) is 12.4. The minimum absolute atomic E-state index is 0.121. The van der Waals surface area contributed by atoms with Crippen molar-refractivity contribution in [2.24, 2.45) is 12.1 Å². The highest BCUT2D eigenvalue weighted by Gasteiger charge is 2.04. The second-order valence-electron chi connectivity index (χ2n) is 4.35. The highest BCUT2D eigenvalue weighted by Crippen LogP contribution is 2.13. The first-order valence-corrected chi connectivity index (χ1v) is 7.47. The summed E-state index contributed by atoms with van der Waals surface area (Å²) >= 11 is 1.69. The minimum atomic E-state index is -0.121. The number of thioether (sulfide) groups is 1. The molecule has 0 aliphatic heterocycles. The molecule has 0 bridgehead atoms. The van der Waals surface area contributed by atoms with E-state index in [-0.39, 0.29) is 5.91 Å². The Kier molecular flexibility index (Phi) is 5.01. The van der Waals surface area contributed by atoms with Gasteiger partial charge in [-0.15, -0.1) is 11.8 Å². The molecule has 5 heteroatoms. The number of hydrogen-bond acceptors (Lipinski definition) is 3. The van der Waals surface area contributed by atoms with E-state index in [0.717, 1.165) is 11.3 Å². The van der Waals surface area contributed by atoms with E-state index in [2.05, 4.69) is 10.5 Å². The van der Waals surface area contributed by atoms with Gasteiger partial charge in [-0.05, 0) is 36.1 Å². The molecule has 0 fully saturated rings. The highest BCUT2D eigenvalue weighted by atomic mass is 32.2. The Morgan fingerprint density at radius 1 is 1.35 bits per heavy atom. The molecule has 0 aliphatic rings. The van der Waals surface area contributed by atoms with Gasteiger partial charge in [0.2, 0.25) is 5.91 Å². The lowest BCUT2D eigenvalue weighted by Crippen LogP contribution is -2.20. The first kappa shape index (κ1) is 14.4. The maximum absolute atomic E-state index is 11.7. The number of carbonyl (C=O) groups is 1. The quantitative estimate of drug-likeness (QED) is 0.521. The first-order chi connectivity index (χ1) is 9.69. The Bertz CT molecular complexity index is 602. The average molecular weight is 287 g/mol. The van der Waals surface area contributed by atoms with Crippen molar-refractivity contribution < 1.29 is 4.79 Å². The van der Waals surface area contributed by atoms with Crippen LogP contribution in [0.4, 0.5) is 0 Å². The fourth-order valence-electron chi connectivity index (χ4n) is 1.75. The SMILES string of the molecule is CSc1ccc(/C=N\NC(=O)Cc2cccn2C)cc1. The third kappa shape index (κ3) is 3.99. The highest BCUT2D eigenvalue weighted by molar-refractivity contribution is 7.98. The molecule has 1 aromatic heterocycles. The maximum Gasteiger partial charge on any atom is 0.245 e. The van der Waals surface area contributed by atoms with Crippen LogP contribution >= 0.6 is 11.8 Å². The normalized spacial score (nSPS) is 10.9. The monoisotopic (exact) mass is 287 g/mol. The summed E-state index contributed by atoms with van der Waals surface area (Å²) in [6, 6.07) is 11.8. The average Bonchev–Trinajstić information content (AvgIpc) is 2.85. The number of rotatable bonds is 5. The second-order valence-corrected chi connectivity index (χ2v) is 5.23. The van der Waals surface area contributed by atoms with Crippen molar-refractivity contribution in [3.8, 4) is 0 Å². The summed E-state index contributed by atoms with van der Waals surface area (Å²) in [5, 5.41) is 3.97. The van der Waals surface area contributed by atoms with Gasteiger partial charge in [0.05, 0.1) is 12.6 Å². The van der Waals surface area contributed by atoms with Gasteiger partial charge in [0.1, 0.15) is 0 Å². The number of hydrazone groups is 1. The first-order valence-electron chi connectivity index (χ1n) is 6.25. The Morgan fingerprint density at radius 2 is 2.10 bits per heavy atom. The standard InChI is InChI=1S/C15H17N3OS/c1-18-9-3-4-13(18)10-15(19)17-16-11-12-5-7-14(20-2)8-6-12/h3-9,11H,10H2,1-2H3,(H,17,19)/b16-11-. The van der Waals surface area contributed by atoms with E-state index in [1.165, 1.54) is 4.90 Å². The third-order valence-electron chi connectivity index (χ3n) is 2.91. The Balaban J connectivity index is 1.86. The number of nitrogens with zero attached hydrogens (tertiary/aromatic N) is 2. The van der Waals surface area contributed by atoms with Crippen LogP contribution in [0.15, 0.2) is 52.6 Å². The Labute approximate surface area is 122 Å². The van der Waals surface area contributed by atoms with Crippen molar-refractivity contribution in [2.75, 3.05) is 6.26 Å². The molecule has 20 heavy (non-hydrogen) atoms. The fourth-order valence-corrected chi connectivity index (χ4v) is 2.16. The van der Waals surface area contributed by atoms with Gasteiger partial charge in [0.15, 0.2) is 0 Å². The number of aromatic nitrogens is 1. The van der Waals surface area contributed by atoms with Gasteiger partial charge in [0, 0.05) is 23.8 Å². The van der Waals surface area contributed by atoms with Crippen molar-refractivity contribution >= 4 is 23.9 Å². The molecule has 2 rings (SSSR count). The van der Waals surface area contributed by atoms with Gasteiger partial charge >= 0.3 is 0 Å². The topological polar surface area (TPSA) is 46.4 Å². The van der Waals surface area contributed by atoms with E-state index in [1.54, 1.807) is 18.0 Å². The molecule has 1 N–H and O–H groups in total. The third-order valence-corrected chi connectivity index (χ3v) is 3.66. The van der Waals surface area contributed by atoms with Crippen LogP contribution < -0.4 is 5.43 Å². The second kappa shape index (κ2) is 6.96. The fraction of sp³-hybridized carbons (Fsp3) is 0.200. The number of aryl methyl sites for hydroxylation is 1. The smallest absolute Gasteiger partial charge is 0.245 e. The molecular weight excluding hydrogens is 270 g/mol. The van der Waals surface area contributed by atoms with E-state index in [1.807, 2.05) is 60.5 Å². The van der Waals surface area contributed by atoms with Crippen LogP contribution in [0.1, 0.15) is 11.3 Å². The molecule has 0 saturated heterocycles. The zero-order chi connectivity index (χ0) is 14.4. The van der Waals surface area contributed by atoms with Crippen LogP contribution in [0.5, 0.6) is 0 Å². The predicted octanol–water partition coefficient (Wildman–Crippen LogP) is 2.44. The summed E-state index contributed by atoms with van der Waals surface area (Å²) in [5.41, 5.74) is 4.46. The number of benzene rings is 1. The van der Waals surface area contributed by atoms with Crippen LogP contribution in [0, 0.1) is 0 Å². The maximum atomic E-state index is 11.7. The van der Waals surface area contributed by atoms with Crippen molar-refractivity contribution in [2.45, 2.75) is 11.3 Å². The van der Waals surface area contributed by atoms with Crippen molar-refractivity contribution in [3.05, 3.63) is 53.9 Å². The largest absolute Gasteiger partial charge is 0.354 e. The van der Waals surface area contributed by atoms with Crippen LogP contribution in [0.3, 0.4) is 0 Å². The molecule has 0 aliphatic carbocycles. The molecule has 1 heterocycles. The zero-order valence-electron chi connectivity index (χ0n) is 11.5. The summed E-state index contributed by atoms with van der Waals surface area (Å²) in [6.45, 7) is 0. The minimum Gasteiger partial charge on any atom is -0.354 e. The molecular formula is C15H17N3OS. The molecule has 1 aromatic carbocycles. The predicted molar refractivity (Wildman–Crippen MR) is 83.1 cm³/mol. The number of carbonyl (C=O) groups excluding carboxylic acids is 1. The van der Waals surface area contributed by atoms with Crippen LogP contribution in [-0.2, 0) is 18.3 Å².